The quantitative estimate of drug-likeness (QED) is 0.0910. The molecule has 3 N–H and O–H groups in total. The summed E-state index contributed by atoms with van der Waals surface area (Å²) in [7, 11) is 0. The maximum Gasteiger partial charge on any atom is 0.240 e. The molecule has 54 heavy (non-hydrogen) atoms. The Morgan fingerprint density at radius 2 is 1.46 bits per heavy atom. The lowest BCUT2D eigenvalue weighted by Crippen LogP contribution is -2.53. The standard InChI is InChI=1S/C45H53N5O4/c51-39(33-54-43-23-9-22-41-40(43)21-11-27-47-41)32-48-42(30-36-18-10-26-46-31-36)45(53)50-28-24-37(25-29-50)44(52)49-38(19-7-16-34-12-3-1-4-13-34)20-8-17-35-14-5-2-6-15-35/h1-6,9-15,18,21-23,26-27,31,37-39,42,48,51H,7-8,16-17,19-20,24-25,28-30,32-33H2,(H,49,52). The average Bonchev–Trinajstić information content (AvgIpc) is 3.22. The summed E-state index contributed by atoms with van der Waals surface area (Å²) in [6.45, 7) is 1.26. The largest absolute Gasteiger partial charge is 0.490 e. The zero-order valence-corrected chi connectivity index (χ0v) is 31.1. The number of likely N-dealkylation sites (tertiary alicyclic amines) is 1. The van der Waals surface area contributed by atoms with Gasteiger partial charge in [0, 0.05) is 55.6 Å². The zero-order chi connectivity index (χ0) is 37.4. The number of aliphatic hydroxyl groups is 1. The molecule has 9 nitrogen and oxygen atoms in total. The number of benzene rings is 3. The van der Waals surface area contributed by atoms with Crippen LogP contribution in [0.3, 0.4) is 0 Å². The molecule has 282 valence electrons. The van der Waals surface area contributed by atoms with E-state index in [9.17, 15) is 14.7 Å². The number of fused-ring (bicyclic) bond motifs is 1. The first-order valence-electron chi connectivity index (χ1n) is 19.5. The van der Waals surface area contributed by atoms with Crippen LogP contribution >= 0.6 is 0 Å². The van der Waals surface area contributed by atoms with Gasteiger partial charge in [0.25, 0.3) is 0 Å². The van der Waals surface area contributed by atoms with Crippen LogP contribution in [0.5, 0.6) is 5.75 Å². The number of aliphatic hydroxyl groups excluding tert-OH is 1. The van der Waals surface area contributed by atoms with E-state index in [1.807, 2.05) is 59.5 Å². The summed E-state index contributed by atoms with van der Waals surface area (Å²) in [6.07, 6.45) is 11.9. The van der Waals surface area contributed by atoms with Crippen LogP contribution in [0.25, 0.3) is 10.9 Å². The first-order chi connectivity index (χ1) is 26.5. The number of hydrogen-bond acceptors (Lipinski definition) is 7. The molecule has 3 aromatic carbocycles. The smallest absolute Gasteiger partial charge is 0.240 e. The number of carbonyl (C=O) groups excluding carboxylic acids is 2. The Morgan fingerprint density at radius 1 is 0.796 bits per heavy atom. The van der Waals surface area contributed by atoms with Crippen molar-refractivity contribution in [2.45, 2.75) is 76.0 Å². The zero-order valence-electron chi connectivity index (χ0n) is 31.1. The highest BCUT2D eigenvalue weighted by atomic mass is 16.5. The summed E-state index contributed by atoms with van der Waals surface area (Å²) in [5.74, 6) is 0.584. The molecule has 5 aromatic rings. The Morgan fingerprint density at radius 3 is 2.13 bits per heavy atom. The van der Waals surface area contributed by atoms with Crippen molar-refractivity contribution in [2.24, 2.45) is 5.92 Å². The highest BCUT2D eigenvalue weighted by Crippen LogP contribution is 2.24. The van der Waals surface area contributed by atoms with Crippen LogP contribution < -0.4 is 15.4 Å². The Kier molecular flexibility index (Phi) is 14.6. The number of aryl methyl sites for hydroxylation is 2. The second-order valence-electron chi connectivity index (χ2n) is 14.4. The van der Waals surface area contributed by atoms with Crippen LogP contribution in [0.4, 0.5) is 0 Å². The molecule has 6 rings (SSSR count). The number of piperidine rings is 1. The number of rotatable bonds is 19. The monoisotopic (exact) mass is 727 g/mol. The Bertz CT molecular complexity index is 1820. The summed E-state index contributed by atoms with van der Waals surface area (Å²) in [4.78, 5) is 38.1. The third-order valence-corrected chi connectivity index (χ3v) is 10.3. The predicted octanol–water partition coefficient (Wildman–Crippen LogP) is 6.34. The van der Waals surface area contributed by atoms with E-state index in [-0.39, 0.29) is 36.9 Å². The fourth-order valence-corrected chi connectivity index (χ4v) is 7.31. The summed E-state index contributed by atoms with van der Waals surface area (Å²) in [5.41, 5.74) is 4.39. The van der Waals surface area contributed by atoms with Gasteiger partial charge in [-0.2, -0.15) is 0 Å². The van der Waals surface area contributed by atoms with E-state index in [4.69, 9.17) is 4.74 Å². The molecule has 0 saturated carbocycles. The van der Waals surface area contributed by atoms with Gasteiger partial charge in [0.15, 0.2) is 0 Å². The summed E-state index contributed by atoms with van der Waals surface area (Å²) in [6, 6.07) is 33.9. The van der Waals surface area contributed by atoms with E-state index in [0.29, 0.717) is 38.1 Å². The highest BCUT2D eigenvalue weighted by molar-refractivity contribution is 5.85. The first kappa shape index (κ1) is 38.6. The molecule has 1 saturated heterocycles. The summed E-state index contributed by atoms with van der Waals surface area (Å²) < 4.78 is 5.98. The summed E-state index contributed by atoms with van der Waals surface area (Å²) >= 11 is 0. The number of ether oxygens (including phenoxy) is 1. The van der Waals surface area contributed by atoms with Gasteiger partial charge < -0.3 is 25.4 Å². The second kappa shape index (κ2) is 20.4. The lowest BCUT2D eigenvalue weighted by molar-refractivity contribution is -0.137. The molecule has 1 aliphatic heterocycles. The Labute approximate surface area is 319 Å². The number of nitrogens with zero attached hydrogens (tertiary/aromatic N) is 3. The number of aromatic nitrogens is 2. The van der Waals surface area contributed by atoms with E-state index in [2.05, 4.69) is 69.1 Å². The van der Waals surface area contributed by atoms with Crippen molar-refractivity contribution >= 4 is 22.7 Å². The number of nitrogens with one attached hydrogen (secondary N) is 2. The van der Waals surface area contributed by atoms with E-state index in [1.54, 1.807) is 18.6 Å². The van der Waals surface area contributed by atoms with Crippen molar-refractivity contribution in [3.8, 4) is 5.75 Å². The fourth-order valence-electron chi connectivity index (χ4n) is 7.31. The minimum Gasteiger partial charge on any atom is -0.490 e. The Balaban J connectivity index is 1.01. The van der Waals surface area contributed by atoms with Gasteiger partial charge in [-0.3, -0.25) is 19.6 Å². The normalized spacial score (nSPS) is 14.5. The van der Waals surface area contributed by atoms with Gasteiger partial charge >= 0.3 is 0 Å². The molecule has 1 aliphatic rings. The summed E-state index contributed by atoms with van der Waals surface area (Å²) in [5, 5.41) is 18.5. The Hall–Kier alpha value is -5.12. The van der Waals surface area contributed by atoms with Crippen molar-refractivity contribution in [3.05, 3.63) is 138 Å². The van der Waals surface area contributed by atoms with Crippen LogP contribution in [0.15, 0.2) is 122 Å². The maximum atomic E-state index is 14.0. The second-order valence-corrected chi connectivity index (χ2v) is 14.4. The maximum absolute atomic E-state index is 14.0. The van der Waals surface area contributed by atoms with E-state index in [1.165, 1.54) is 11.1 Å². The van der Waals surface area contributed by atoms with E-state index in [0.717, 1.165) is 55.0 Å². The van der Waals surface area contributed by atoms with Crippen molar-refractivity contribution < 1.29 is 19.4 Å². The van der Waals surface area contributed by atoms with Crippen LogP contribution in [0, 0.1) is 5.92 Å². The number of hydrogen-bond donors (Lipinski definition) is 3. The van der Waals surface area contributed by atoms with Gasteiger partial charge in [-0.1, -0.05) is 72.8 Å². The molecule has 0 aliphatic carbocycles. The van der Waals surface area contributed by atoms with Crippen molar-refractivity contribution in [1.29, 1.82) is 0 Å². The SMILES string of the molecule is O=C(NC(CCCc1ccccc1)CCCc1ccccc1)C1CCN(C(=O)C(Cc2cccnc2)NCC(O)COc2cccc3ncccc23)CC1. The number of amides is 2. The molecule has 0 spiro atoms. The lowest BCUT2D eigenvalue weighted by atomic mass is 9.93. The average molecular weight is 728 g/mol. The van der Waals surface area contributed by atoms with Gasteiger partial charge in [-0.05, 0) is 105 Å². The predicted molar refractivity (Wildman–Crippen MR) is 213 cm³/mol. The lowest BCUT2D eigenvalue weighted by Gasteiger charge is -2.35. The molecule has 2 atom stereocenters. The third-order valence-electron chi connectivity index (χ3n) is 10.3. The van der Waals surface area contributed by atoms with Crippen molar-refractivity contribution in [1.82, 2.24) is 25.5 Å². The molecule has 3 heterocycles. The van der Waals surface area contributed by atoms with E-state index < -0.39 is 12.1 Å². The fraction of sp³-hybridized carbons (Fsp3) is 0.378. The molecule has 0 bridgehead atoms. The molecule has 2 amide bonds. The number of pyridine rings is 2. The van der Waals surface area contributed by atoms with E-state index >= 15 is 0 Å². The highest BCUT2D eigenvalue weighted by Gasteiger charge is 2.32. The van der Waals surface area contributed by atoms with Crippen LogP contribution in [0.1, 0.15) is 55.2 Å². The minimum absolute atomic E-state index is 0.0364. The third kappa shape index (κ3) is 11.7. The first-order valence-corrected chi connectivity index (χ1v) is 19.5. The van der Waals surface area contributed by atoms with Crippen LogP contribution in [-0.2, 0) is 28.9 Å². The number of carbonyl (C=O) groups is 2. The van der Waals surface area contributed by atoms with Gasteiger partial charge in [0.2, 0.25) is 11.8 Å². The van der Waals surface area contributed by atoms with Crippen LogP contribution in [0.2, 0.25) is 0 Å². The van der Waals surface area contributed by atoms with Gasteiger partial charge in [0.1, 0.15) is 18.5 Å². The van der Waals surface area contributed by atoms with Crippen LogP contribution in [-0.4, -0.2) is 76.2 Å². The van der Waals surface area contributed by atoms with Crippen molar-refractivity contribution in [3.63, 3.8) is 0 Å². The topological polar surface area (TPSA) is 117 Å². The molecular weight excluding hydrogens is 675 g/mol. The van der Waals surface area contributed by atoms with Gasteiger partial charge in [-0.25, -0.2) is 0 Å². The van der Waals surface area contributed by atoms with Gasteiger partial charge in [-0.15, -0.1) is 0 Å². The molecule has 1 fully saturated rings. The van der Waals surface area contributed by atoms with Crippen molar-refractivity contribution in [2.75, 3.05) is 26.2 Å². The molecule has 0 radical (unpaired) electrons. The molecular formula is C45H53N5O4. The molecule has 2 aromatic heterocycles. The molecule has 9 heteroatoms. The van der Waals surface area contributed by atoms with Gasteiger partial charge in [0.05, 0.1) is 11.6 Å². The molecule has 2 unspecified atom stereocenters. The minimum atomic E-state index is -0.844.